The molecular weight excluding hydrogens is 498 g/mol. The molecule has 37 heavy (non-hydrogen) atoms. The average Bonchev–Trinajstić information content (AvgIpc) is 2.90. The van der Waals surface area contributed by atoms with Gasteiger partial charge in [0, 0.05) is 12.6 Å². The van der Waals surface area contributed by atoms with Crippen molar-refractivity contribution in [2.45, 2.75) is 49.8 Å². The molecule has 0 aromatic heterocycles. The van der Waals surface area contributed by atoms with Gasteiger partial charge in [-0.05, 0) is 37.0 Å². The van der Waals surface area contributed by atoms with Crippen molar-refractivity contribution in [2.75, 3.05) is 6.54 Å². The quantitative estimate of drug-likeness (QED) is 0.273. The van der Waals surface area contributed by atoms with E-state index in [0.29, 0.717) is 18.9 Å². The summed E-state index contributed by atoms with van der Waals surface area (Å²) in [5.74, 6) is 0. The van der Waals surface area contributed by atoms with Crippen LogP contribution in [0.25, 0.3) is 0 Å². The van der Waals surface area contributed by atoms with Crippen molar-refractivity contribution in [1.82, 2.24) is 4.31 Å². The molecule has 0 aliphatic carbocycles. The molecule has 1 saturated heterocycles. The Morgan fingerprint density at radius 1 is 0.973 bits per heavy atom. The molecule has 4 rings (SSSR count). The van der Waals surface area contributed by atoms with Crippen molar-refractivity contribution in [1.29, 1.82) is 0 Å². The lowest BCUT2D eigenvalue weighted by molar-refractivity contribution is -0.396. The smallest absolute Gasteiger partial charge is 0.296 e. The third-order valence-corrected chi connectivity index (χ3v) is 8.43. The Morgan fingerprint density at radius 2 is 1.68 bits per heavy atom. The normalized spacial score (nSPS) is 17.3. The van der Waals surface area contributed by atoms with E-state index in [4.69, 9.17) is 4.74 Å². The zero-order valence-corrected chi connectivity index (χ0v) is 21.0. The van der Waals surface area contributed by atoms with Crippen LogP contribution in [0, 0.1) is 27.2 Å². The summed E-state index contributed by atoms with van der Waals surface area (Å²) in [7, 11) is -4.38. The Bertz CT molecular complexity index is 1380. The largest absolute Gasteiger partial charge is 0.367 e. The number of non-ortho nitro benzene ring substituents is 1. The maximum atomic E-state index is 13.9. The maximum Gasteiger partial charge on any atom is 0.296 e. The van der Waals surface area contributed by atoms with Gasteiger partial charge in [0.05, 0.1) is 34.7 Å². The van der Waals surface area contributed by atoms with Crippen LogP contribution in [0.1, 0.15) is 42.1 Å². The number of nitro benzene ring substituents is 2. The second-order valence-electron chi connectivity index (χ2n) is 8.97. The number of hydrogen-bond acceptors (Lipinski definition) is 7. The van der Waals surface area contributed by atoms with Crippen molar-refractivity contribution in [3.63, 3.8) is 0 Å². The zero-order chi connectivity index (χ0) is 26.6. The second kappa shape index (κ2) is 11.2. The van der Waals surface area contributed by atoms with Gasteiger partial charge >= 0.3 is 0 Å². The third kappa shape index (κ3) is 5.85. The SMILES string of the molecule is Cc1ccc([C@H](OCc2ccccc2)[C@@H]2CCCCN2S(=O)(=O)c2ccc([N+](=O)[O-])cc2[N+](=O)[O-])cc1. The van der Waals surface area contributed by atoms with Crippen LogP contribution < -0.4 is 0 Å². The second-order valence-corrected chi connectivity index (χ2v) is 10.8. The number of nitrogens with zero attached hydrogens (tertiary/aromatic N) is 3. The summed E-state index contributed by atoms with van der Waals surface area (Å²) >= 11 is 0. The van der Waals surface area contributed by atoms with Crippen LogP contribution in [0.15, 0.2) is 77.7 Å². The predicted octanol–water partition coefficient (Wildman–Crippen LogP) is 5.31. The monoisotopic (exact) mass is 525 g/mol. The fraction of sp³-hybridized carbons (Fsp3) is 0.308. The van der Waals surface area contributed by atoms with E-state index in [9.17, 15) is 28.6 Å². The van der Waals surface area contributed by atoms with Crippen molar-refractivity contribution >= 4 is 21.4 Å². The van der Waals surface area contributed by atoms with Gasteiger partial charge < -0.3 is 4.74 Å². The minimum atomic E-state index is -4.38. The molecule has 194 valence electrons. The number of sulfonamides is 1. The summed E-state index contributed by atoms with van der Waals surface area (Å²) in [6.45, 7) is 2.36. The Balaban J connectivity index is 1.75. The van der Waals surface area contributed by atoms with Gasteiger partial charge in [-0.1, -0.05) is 66.6 Å². The van der Waals surface area contributed by atoms with Crippen molar-refractivity contribution in [2.24, 2.45) is 0 Å². The first-order valence-corrected chi connectivity index (χ1v) is 13.3. The van der Waals surface area contributed by atoms with Crippen molar-refractivity contribution in [3.05, 3.63) is 110 Å². The highest BCUT2D eigenvalue weighted by atomic mass is 32.2. The molecule has 3 aromatic rings. The number of nitro groups is 2. The Hall–Kier alpha value is -3.67. The van der Waals surface area contributed by atoms with E-state index < -0.39 is 48.3 Å². The number of hydrogen-bond donors (Lipinski definition) is 0. The molecule has 3 aromatic carbocycles. The van der Waals surface area contributed by atoms with Crippen LogP contribution in [0.2, 0.25) is 0 Å². The van der Waals surface area contributed by atoms with Crippen LogP contribution in [0.3, 0.4) is 0 Å². The molecule has 0 spiro atoms. The van der Waals surface area contributed by atoms with Gasteiger partial charge in [-0.3, -0.25) is 20.2 Å². The molecule has 1 fully saturated rings. The number of rotatable bonds is 9. The van der Waals surface area contributed by atoms with Gasteiger partial charge in [0.25, 0.3) is 11.4 Å². The molecule has 1 aliphatic rings. The highest BCUT2D eigenvalue weighted by Gasteiger charge is 2.42. The summed E-state index contributed by atoms with van der Waals surface area (Å²) in [6, 6.07) is 19.2. The molecule has 0 bridgehead atoms. The molecule has 0 radical (unpaired) electrons. The van der Waals surface area contributed by atoms with Gasteiger partial charge in [0.2, 0.25) is 10.0 Å². The fourth-order valence-electron chi connectivity index (χ4n) is 4.58. The van der Waals surface area contributed by atoms with Gasteiger partial charge in [0.1, 0.15) is 0 Å². The molecule has 1 heterocycles. The minimum Gasteiger partial charge on any atom is -0.367 e. The summed E-state index contributed by atoms with van der Waals surface area (Å²) in [6.07, 6.45) is 1.20. The first-order valence-electron chi connectivity index (χ1n) is 11.9. The molecule has 1 aliphatic heterocycles. The first-order chi connectivity index (χ1) is 17.7. The van der Waals surface area contributed by atoms with E-state index in [1.54, 1.807) is 0 Å². The minimum absolute atomic E-state index is 0.151. The summed E-state index contributed by atoms with van der Waals surface area (Å²) in [5, 5.41) is 22.9. The molecule has 11 heteroatoms. The topological polar surface area (TPSA) is 133 Å². The Labute approximate surface area is 214 Å². The molecular formula is C26H27N3O7S. The molecule has 2 atom stereocenters. The van der Waals surface area contributed by atoms with E-state index >= 15 is 0 Å². The van der Waals surface area contributed by atoms with Crippen LogP contribution >= 0.6 is 0 Å². The number of aryl methyl sites for hydroxylation is 1. The van der Waals surface area contributed by atoms with Gasteiger partial charge in [0.15, 0.2) is 4.90 Å². The number of piperidine rings is 1. The fourth-order valence-corrected chi connectivity index (χ4v) is 6.42. The Morgan fingerprint density at radius 3 is 2.32 bits per heavy atom. The van der Waals surface area contributed by atoms with E-state index in [2.05, 4.69) is 0 Å². The molecule has 0 unspecified atom stereocenters. The van der Waals surface area contributed by atoms with Crippen LogP contribution in [0.4, 0.5) is 11.4 Å². The molecule has 0 saturated carbocycles. The molecule has 10 nitrogen and oxygen atoms in total. The van der Waals surface area contributed by atoms with E-state index in [1.807, 2.05) is 61.5 Å². The lowest BCUT2D eigenvalue weighted by Gasteiger charge is -2.39. The van der Waals surface area contributed by atoms with E-state index in [1.165, 1.54) is 4.31 Å². The number of benzene rings is 3. The number of ether oxygens (including phenoxy) is 1. The Kier molecular flexibility index (Phi) is 7.96. The predicted molar refractivity (Wildman–Crippen MR) is 136 cm³/mol. The molecule has 0 N–H and O–H groups in total. The molecule has 0 amide bonds. The summed E-state index contributed by atoms with van der Waals surface area (Å²) < 4.78 is 35.3. The highest BCUT2D eigenvalue weighted by molar-refractivity contribution is 7.89. The van der Waals surface area contributed by atoms with Gasteiger partial charge in [-0.25, -0.2) is 8.42 Å². The third-order valence-electron chi connectivity index (χ3n) is 6.46. The van der Waals surface area contributed by atoms with Crippen molar-refractivity contribution < 1.29 is 23.0 Å². The summed E-state index contributed by atoms with van der Waals surface area (Å²) in [5.41, 5.74) is 1.39. The van der Waals surface area contributed by atoms with Gasteiger partial charge in [-0.15, -0.1) is 0 Å². The lowest BCUT2D eigenvalue weighted by atomic mass is 9.94. The van der Waals surface area contributed by atoms with Crippen LogP contribution in [-0.4, -0.2) is 35.2 Å². The first kappa shape index (κ1) is 26.4. The maximum absolute atomic E-state index is 13.9. The van der Waals surface area contributed by atoms with Crippen LogP contribution in [0.5, 0.6) is 0 Å². The van der Waals surface area contributed by atoms with Gasteiger partial charge in [-0.2, -0.15) is 4.31 Å². The lowest BCUT2D eigenvalue weighted by Crippen LogP contribution is -2.47. The van der Waals surface area contributed by atoms with E-state index in [-0.39, 0.29) is 13.2 Å². The summed E-state index contributed by atoms with van der Waals surface area (Å²) in [4.78, 5) is 20.6. The highest BCUT2D eigenvalue weighted by Crippen LogP contribution is 2.38. The standard InChI is InChI=1S/C26H27N3O7S/c1-19-10-12-21(13-11-19)26(36-18-20-7-3-2-4-8-20)23-9-5-6-16-27(23)37(34,35)25-15-14-22(28(30)31)17-24(25)29(32)33/h2-4,7-8,10-15,17,23,26H,5-6,9,16,18H2,1H3/t23-,26-/m0/s1. The van der Waals surface area contributed by atoms with Crippen molar-refractivity contribution in [3.8, 4) is 0 Å². The average molecular weight is 526 g/mol. The van der Waals surface area contributed by atoms with Crippen LogP contribution in [-0.2, 0) is 21.4 Å². The van der Waals surface area contributed by atoms with E-state index in [0.717, 1.165) is 35.2 Å². The zero-order valence-electron chi connectivity index (χ0n) is 20.2.